The molecule has 0 aliphatic carbocycles. The largest absolute Gasteiger partial charge is 0.407 e. The summed E-state index contributed by atoms with van der Waals surface area (Å²) in [6, 6.07) is 0.969. The summed E-state index contributed by atoms with van der Waals surface area (Å²) in [5.74, 6) is 0.623. The molecule has 1 aromatic heterocycles. The van der Waals surface area contributed by atoms with Crippen molar-refractivity contribution >= 4 is 6.01 Å². The topological polar surface area (TPSA) is 63.4 Å². The Labute approximate surface area is 108 Å². The summed E-state index contributed by atoms with van der Waals surface area (Å²) in [7, 11) is 1.95. The summed E-state index contributed by atoms with van der Waals surface area (Å²) in [4.78, 5) is 1.96. The molecule has 2 rings (SSSR count). The Morgan fingerprint density at radius 3 is 2.94 bits per heavy atom. The highest BCUT2D eigenvalue weighted by molar-refractivity contribution is 5.22. The van der Waals surface area contributed by atoms with Gasteiger partial charge in [0.05, 0.1) is 12.6 Å². The molecule has 1 aliphatic rings. The summed E-state index contributed by atoms with van der Waals surface area (Å²) in [5.41, 5.74) is 0. The lowest BCUT2D eigenvalue weighted by Gasteiger charge is -2.17. The average Bonchev–Trinajstić information content (AvgIpc) is 2.96. The molecule has 0 radical (unpaired) electrons. The van der Waals surface area contributed by atoms with Crippen molar-refractivity contribution in [3.8, 4) is 0 Å². The number of aromatic nitrogens is 2. The second kappa shape index (κ2) is 6.15. The molecule has 1 aliphatic heterocycles. The Kier molecular flexibility index (Phi) is 4.54. The number of hydrogen-bond acceptors (Lipinski definition) is 6. The Hall–Kier alpha value is -1.14. The van der Waals surface area contributed by atoms with Gasteiger partial charge < -0.3 is 19.4 Å². The summed E-state index contributed by atoms with van der Waals surface area (Å²) < 4.78 is 11.2. The van der Waals surface area contributed by atoms with Crippen LogP contribution >= 0.6 is 0 Å². The van der Waals surface area contributed by atoms with Crippen LogP contribution in [0.15, 0.2) is 4.42 Å². The van der Waals surface area contributed by atoms with Crippen LogP contribution in [-0.2, 0) is 11.3 Å². The maximum Gasteiger partial charge on any atom is 0.318 e. The SMILES string of the molecule is CC(C)NCc1nnc(N(C)CC2CCCO2)o1. The Morgan fingerprint density at radius 2 is 2.28 bits per heavy atom. The first-order chi connectivity index (χ1) is 8.65. The van der Waals surface area contributed by atoms with Crippen molar-refractivity contribution < 1.29 is 9.15 Å². The van der Waals surface area contributed by atoms with Crippen LogP contribution in [0.3, 0.4) is 0 Å². The molecule has 6 heteroatoms. The van der Waals surface area contributed by atoms with Gasteiger partial charge in [0.1, 0.15) is 0 Å². The Balaban J connectivity index is 1.84. The van der Waals surface area contributed by atoms with Crippen LogP contribution < -0.4 is 10.2 Å². The summed E-state index contributed by atoms with van der Waals surface area (Å²) in [5, 5.41) is 11.3. The first-order valence-corrected chi connectivity index (χ1v) is 6.53. The second-order valence-electron chi connectivity index (χ2n) is 5.03. The summed E-state index contributed by atoms with van der Waals surface area (Å²) in [6.45, 7) is 6.45. The number of anilines is 1. The van der Waals surface area contributed by atoms with Crippen molar-refractivity contribution in [1.29, 1.82) is 0 Å². The van der Waals surface area contributed by atoms with Crippen molar-refractivity contribution in [1.82, 2.24) is 15.5 Å². The predicted molar refractivity (Wildman–Crippen MR) is 68.5 cm³/mol. The fraction of sp³-hybridized carbons (Fsp3) is 0.833. The monoisotopic (exact) mass is 254 g/mol. The van der Waals surface area contributed by atoms with E-state index in [0.29, 0.717) is 30.6 Å². The minimum absolute atomic E-state index is 0.291. The molecule has 102 valence electrons. The van der Waals surface area contributed by atoms with Crippen LogP contribution in [0.5, 0.6) is 0 Å². The van der Waals surface area contributed by atoms with Crippen LogP contribution in [-0.4, -0.2) is 42.5 Å². The normalized spacial score (nSPS) is 19.7. The van der Waals surface area contributed by atoms with Crippen LogP contribution in [0.1, 0.15) is 32.6 Å². The molecular formula is C12H22N4O2. The van der Waals surface area contributed by atoms with E-state index in [2.05, 4.69) is 29.4 Å². The molecule has 0 amide bonds. The first-order valence-electron chi connectivity index (χ1n) is 6.53. The van der Waals surface area contributed by atoms with E-state index < -0.39 is 0 Å². The van der Waals surface area contributed by atoms with Crippen molar-refractivity contribution in [3.05, 3.63) is 5.89 Å². The summed E-state index contributed by atoms with van der Waals surface area (Å²) in [6.07, 6.45) is 2.55. The molecule has 0 spiro atoms. The van der Waals surface area contributed by atoms with Gasteiger partial charge in [-0.2, -0.15) is 0 Å². The highest BCUT2D eigenvalue weighted by Gasteiger charge is 2.20. The lowest BCUT2D eigenvalue weighted by atomic mass is 10.2. The van der Waals surface area contributed by atoms with Gasteiger partial charge in [0.15, 0.2) is 0 Å². The maximum atomic E-state index is 5.59. The molecule has 1 aromatic rings. The molecule has 0 bridgehead atoms. The molecule has 2 heterocycles. The zero-order valence-electron chi connectivity index (χ0n) is 11.3. The molecule has 6 nitrogen and oxygen atoms in total. The van der Waals surface area contributed by atoms with Gasteiger partial charge in [0.25, 0.3) is 0 Å². The Morgan fingerprint density at radius 1 is 1.44 bits per heavy atom. The number of ether oxygens (including phenoxy) is 1. The van der Waals surface area contributed by atoms with Crippen molar-refractivity contribution in [2.24, 2.45) is 0 Å². The molecular weight excluding hydrogens is 232 g/mol. The van der Waals surface area contributed by atoms with Gasteiger partial charge in [-0.25, -0.2) is 0 Å². The van der Waals surface area contributed by atoms with E-state index >= 15 is 0 Å². The lowest BCUT2D eigenvalue weighted by molar-refractivity contribution is 0.115. The van der Waals surface area contributed by atoms with Crippen LogP contribution in [0, 0.1) is 0 Å². The van der Waals surface area contributed by atoms with E-state index in [1.807, 2.05) is 11.9 Å². The number of nitrogens with zero attached hydrogens (tertiary/aromatic N) is 3. The quantitative estimate of drug-likeness (QED) is 0.822. The van der Waals surface area contributed by atoms with Gasteiger partial charge >= 0.3 is 6.01 Å². The number of likely N-dealkylation sites (N-methyl/N-ethyl adjacent to an activating group) is 1. The van der Waals surface area contributed by atoms with Crippen molar-refractivity contribution in [2.45, 2.75) is 45.4 Å². The lowest BCUT2D eigenvalue weighted by Crippen LogP contribution is -2.28. The van der Waals surface area contributed by atoms with Crippen LogP contribution in [0.25, 0.3) is 0 Å². The molecule has 1 atom stereocenters. The van der Waals surface area contributed by atoms with E-state index in [0.717, 1.165) is 26.0 Å². The zero-order chi connectivity index (χ0) is 13.0. The highest BCUT2D eigenvalue weighted by atomic mass is 16.5. The zero-order valence-corrected chi connectivity index (χ0v) is 11.3. The van der Waals surface area contributed by atoms with E-state index in [1.165, 1.54) is 0 Å². The number of nitrogens with one attached hydrogen (secondary N) is 1. The third kappa shape index (κ3) is 3.68. The van der Waals surface area contributed by atoms with Gasteiger partial charge in [-0.15, -0.1) is 5.10 Å². The summed E-state index contributed by atoms with van der Waals surface area (Å²) >= 11 is 0. The van der Waals surface area contributed by atoms with Gasteiger partial charge in [-0.1, -0.05) is 18.9 Å². The van der Waals surface area contributed by atoms with E-state index in [4.69, 9.17) is 9.15 Å². The van der Waals surface area contributed by atoms with Gasteiger partial charge in [-0.05, 0) is 12.8 Å². The smallest absolute Gasteiger partial charge is 0.318 e. The number of hydrogen-bond donors (Lipinski definition) is 1. The van der Waals surface area contributed by atoms with E-state index in [-0.39, 0.29) is 0 Å². The average molecular weight is 254 g/mol. The van der Waals surface area contributed by atoms with Crippen LogP contribution in [0.4, 0.5) is 6.01 Å². The van der Waals surface area contributed by atoms with Gasteiger partial charge in [0.2, 0.25) is 5.89 Å². The third-order valence-electron chi connectivity index (χ3n) is 2.95. The van der Waals surface area contributed by atoms with Crippen LogP contribution in [0.2, 0.25) is 0 Å². The molecule has 18 heavy (non-hydrogen) atoms. The fourth-order valence-corrected chi connectivity index (χ4v) is 1.93. The molecule has 1 N–H and O–H groups in total. The first kappa shape index (κ1) is 13.3. The second-order valence-corrected chi connectivity index (χ2v) is 5.03. The Bertz CT molecular complexity index is 361. The molecule has 1 fully saturated rings. The maximum absolute atomic E-state index is 5.59. The standard InChI is InChI=1S/C12H22N4O2/c1-9(2)13-7-11-14-15-12(18-11)16(3)8-10-5-4-6-17-10/h9-10,13H,4-8H2,1-3H3. The fourth-order valence-electron chi connectivity index (χ4n) is 1.93. The van der Waals surface area contributed by atoms with Gasteiger partial charge in [-0.3, -0.25) is 0 Å². The van der Waals surface area contributed by atoms with Gasteiger partial charge in [0, 0.05) is 26.2 Å². The predicted octanol–water partition coefficient (Wildman–Crippen LogP) is 1.18. The van der Waals surface area contributed by atoms with Crippen molar-refractivity contribution in [3.63, 3.8) is 0 Å². The van der Waals surface area contributed by atoms with E-state index in [9.17, 15) is 0 Å². The minimum Gasteiger partial charge on any atom is -0.407 e. The molecule has 0 aromatic carbocycles. The van der Waals surface area contributed by atoms with Crippen molar-refractivity contribution in [2.75, 3.05) is 25.1 Å². The number of rotatable bonds is 6. The molecule has 0 saturated carbocycles. The molecule has 1 saturated heterocycles. The minimum atomic E-state index is 0.291. The molecule has 1 unspecified atom stereocenters. The highest BCUT2D eigenvalue weighted by Crippen LogP contribution is 2.16. The third-order valence-corrected chi connectivity index (χ3v) is 2.95. The van der Waals surface area contributed by atoms with E-state index in [1.54, 1.807) is 0 Å².